The van der Waals surface area contributed by atoms with Gasteiger partial charge < -0.3 is 15.4 Å². The predicted molar refractivity (Wildman–Crippen MR) is 120 cm³/mol. The molecule has 0 bridgehead atoms. The summed E-state index contributed by atoms with van der Waals surface area (Å²) in [4.78, 5) is 36.9. The third kappa shape index (κ3) is 7.24. The summed E-state index contributed by atoms with van der Waals surface area (Å²) in [6.45, 7) is 2.04. The fourth-order valence-electron chi connectivity index (χ4n) is 3.79. The van der Waals surface area contributed by atoms with Crippen molar-refractivity contribution in [2.75, 3.05) is 11.9 Å². The van der Waals surface area contributed by atoms with Gasteiger partial charge in [0.1, 0.15) is 0 Å². The van der Waals surface area contributed by atoms with Crippen molar-refractivity contribution < 1.29 is 19.1 Å². The molecular weight excluding hydrogens is 392 g/mol. The number of hydrogen-bond acceptors (Lipinski definition) is 4. The van der Waals surface area contributed by atoms with Crippen LogP contribution < -0.4 is 10.6 Å². The van der Waals surface area contributed by atoms with Gasteiger partial charge in [-0.3, -0.25) is 14.4 Å². The SMILES string of the molecule is Cc1ccc(CNC(=O)c2ccccc2NC(=O)COC(=O)CC2CCCCC2)cc1. The molecule has 2 aromatic rings. The molecule has 0 spiro atoms. The van der Waals surface area contributed by atoms with Crippen LogP contribution >= 0.6 is 0 Å². The third-order valence-electron chi connectivity index (χ3n) is 5.56. The van der Waals surface area contributed by atoms with Gasteiger partial charge in [0.15, 0.2) is 6.61 Å². The maximum atomic E-state index is 12.6. The zero-order valence-corrected chi connectivity index (χ0v) is 18.0. The maximum Gasteiger partial charge on any atom is 0.306 e. The molecule has 1 aliphatic carbocycles. The number of carbonyl (C=O) groups excluding carboxylic acids is 3. The van der Waals surface area contributed by atoms with E-state index in [1.54, 1.807) is 24.3 Å². The number of ether oxygens (including phenoxy) is 1. The first-order chi connectivity index (χ1) is 15.0. The van der Waals surface area contributed by atoms with E-state index in [1.165, 1.54) is 6.42 Å². The van der Waals surface area contributed by atoms with Crippen LogP contribution in [-0.4, -0.2) is 24.4 Å². The van der Waals surface area contributed by atoms with Crippen molar-refractivity contribution in [2.45, 2.75) is 52.0 Å². The first kappa shape index (κ1) is 22.5. The van der Waals surface area contributed by atoms with Crippen molar-refractivity contribution in [3.05, 3.63) is 65.2 Å². The molecule has 0 saturated heterocycles. The number of anilines is 1. The van der Waals surface area contributed by atoms with Gasteiger partial charge in [-0.05, 0) is 43.4 Å². The lowest BCUT2D eigenvalue weighted by atomic mass is 9.87. The van der Waals surface area contributed by atoms with Gasteiger partial charge >= 0.3 is 5.97 Å². The standard InChI is InChI=1S/C25H30N2O4/c1-18-11-13-20(14-12-18)16-26-25(30)21-9-5-6-10-22(21)27-23(28)17-31-24(29)15-19-7-3-2-4-8-19/h5-6,9-14,19H,2-4,7-8,15-17H2,1H3,(H,26,30)(H,27,28). The molecule has 0 atom stereocenters. The Kier molecular flexibility index (Phi) is 8.21. The van der Waals surface area contributed by atoms with Gasteiger partial charge in [0, 0.05) is 13.0 Å². The molecule has 0 aliphatic heterocycles. The van der Waals surface area contributed by atoms with E-state index in [2.05, 4.69) is 10.6 Å². The maximum absolute atomic E-state index is 12.6. The van der Waals surface area contributed by atoms with Crippen LogP contribution in [0.5, 0.6) is 0 Å². The van der Waals surface area contributed by atoms with Gasteiger partial charge in [-0.1, -0.05) is 61.2 Å². The monoisotopic (exact) mass is 422 g/mol. The number of rotatable bonds is 8. The second-order valence-electron chi connectivity index (χ2n) is 8.13. The second kappa shape index (κ2) is 11.3. The molecule has 0 heterocycles. The van der Waals surface area contributed by atoms with E-state index < -0.39 is 5.91 Å². The number of benzene rings is 2. The largest absolute Gasteiger partial charge is 0.456 e. The highest BCUT2D eigenvalue weighted by atomic mass is 16.5. The first-order valence-electron chi connectivity index (χ1n) is 10.9. The van der Waals surface area contributed by atoms with Crippen molar-refractivity contribution in [1.82, 2.24) is 5.32 Å². The van der Waals surface area contributed by atoms with Crippen molar-refractivity contribution in [3.8, 4) is 0 Å². The molecule has 0 radical (unpaired) electrons. The van der Waals surface area contributed by atoms with E-state index in [0.29, 0.717) is 30.1 Å². The molecule has 6 heteroatoms. The highest BCUT2D eigenvalue weighted by Gasteiger charge is 2.19. The number of esters is 1. The van der Waals surface area contributed by atoms with Crippen LogP contribution in [0, 0.1) is 12.8 Å². The van der Waals surface area contributed by atoms with Gasteiger partial charge in [0.05, 0.1) is 11.3 Å². The van der Waals surface area contributed by atoms with Crippen molar-refractivity contribution in [1.29, 1.82) is 0 Å². The van der Waals surface area contributed by atoms with Crippen molar-refractivity contribution in [2.24, 2.45) is 5.92 Å². The van der Waals surface area contributed by atoms with E-state index in [9.17, 15) is 14.4 Å². The number of nitrogens with one attached hydrogen (secondary N) is 2. The molecule has 1 aliphatic rings. The summed E-state index contributed by atoms with van der Waals surface area (Å²) in [7, 11) is 0. The quantitative estimate of drug-likeness (QED) is 0.619. The highest BCUT2D eigenvalue weighted by Crippen LogP contribution is 2.26. The average Bonchev–Trinajstić information content (AvgIpc) is 2.78. The Morgan fingerprint density at radius 3 is 2.42 bits per heavy atom. The highest BCUT2D eigenvalue weighted by molar-refractivity contribution is 6.04. The molecule has 2 amide bonds. The lowest BCUT2D eigenvalue weighted by Gasteiger charge is -2.20. The summed E-state index contributed by atoms with van der Waals surface area (Å²) in [5, 5.41) is 5.55. The van der Waals surface area contributed by atoms with Gasteiger partial charge in [0.2, 0.25) is 0 Å². The van der Waals surface area contributed by atoms with Crippen molar-refractivity contribution in [3.63, 3.8) is 0 Å². The molecular formula is C25H30N2O4. The molecule has 1 saturated carbocycles. The summed E-state index contributed by atoms with van der Waals surface area (Å²) >= 11 is 0. The number of carbonyl (C=O) groups is 3. The first-order valence-corrected chi connectivity index (χ1v) is 10.9. The smallest absolute Gasteiger partial charge is 0.306 e. The van der Waals surface area contributed by atoms with Crippen LogP contribution in [0.3, 0.4) is 0 Å². The van der Waals surface area contributed by atoms with Crippen LogP contribution in [0.1, 0.15) is 60.0 Å². The van der Waals surface area contributed by atoms with Gasteiger partial charge in [-0.15, -0.1) is 0 Å². The summed E-state index contributed by atoms with van der Waals surface area (Å²) < 4.78 is 5.14. The van der Waals surface area contributed by atoms with Crippen LogP contribution in [0.2, 0.25) is 0 Å². The Bertz CT molecular complexity index is 902. The van der Waals surface area contributed by atoms with E-state index in [-0.39, 0.29) is 18.5 Å². The minimum Gasteiger partial charge on any atom is -0.456 e. The fraction of sp³-hybridized carbons (Fsp3) is 0.400. The van der Waals surface area contributed by atoms with E-state index in [4.69, 9.17) is 4.74 Å². The van der Waals surface area contributed by atoms with Crippen molar-refractivity contribution >= 4 is 23.5 Å². The molecule has 164 valence electrons. The average molecular weight is 423 g/mol. The lowest BCUT2D eigenvalue weighted by Crippen LogP contribution is -2.26. The zero-order chi connectivity index (χ0) is 22.1. The molecule has 0 unspecified atom stereocenters. The Morgan fingerprint density at radius 2 is 1.68 bits per heavy atom. The van der Waals surface area contributed by atoms with E-state index >= 15 is 0 Å². The van der Waals surface area contributed by atoms with E-state index in [1.807, 2.05) is 31.2 Å². The normalized spacial score (nSPS) is 14.0. The number of amides is 2. The molecule has 2 aromatic carbocycles. The fourth-order valence-corrected chi connectivity index (χ4v) is 3.79. The Labute approximate surface area is 183 Å². The van der Waals surface area contributed by atoms with Gasteiger partial charge in [-0.2, -0.15) is 0 Å². The van der Waals surface area contributed by atoms with Crippen LogP contribution in [0.4, 0.5) is 5.69 Å². The van der Waals surface area contributed by atoms with Gasteiger partial charge in [-0.25, -0.2) is 0 Å². The van der Waals surface area contributed by atoms with Crippen LogP contribution in [-0.2, 0) is 20.9 Å². The lowest BCUT2D eigenvalue weighted by molar-refractivity contribution is -0.148. The molecule has 0 aromatic heterocycles. The Balaban J connectivity index is 1.49. The molecule has 1 fully saturated rings. The number of hydrogen-bond donors (Lipinski definition) is 2. The molecule has 31 heavy (non-hydrogen) atoms. The predicted octanol–water partition coefficient (Wildman–Crippen LogP) is 4.38. The summed E-state index contributed by atoms with van der Waals surface area (Å²) in [5.41, 5.74) is 2.89. The zero-order valence-electron chi connectivity index (χ0n) is 18.0. The number of para-hydroxylation sites is 1. The van der Waals surface area contributed by atoms with E-state index in [0.717, 1.165) is 36.8 Å². The second-order valence-corrected chi connectivity index (χ2v) is 8.13. The number of aryl methyl sites for hydroxylation is 1. The Morgan fingerprint density at radius 1 is 0.968 bits per heavy atom. The summed E-state index contributed by atoms with van der Waals surface area (Å²) in [5.74, 6) is -0.727. The van der Waals surface area contributed by atoms with Crippen LogP contribution in [0.15, 0.2) is 48.5 Å². The minimum absolute atomic E-state index is 0.286. The Hall–Kier alpha value is -3.15. The van der Waals surface area contributed by atoms with Crippen LogP contribution in [0.25, 0.3) is 0 Å². The summed E-state index contributed by atoms with van der Waals surface area (Å²) in [6, 6.07) is 14.7. The van der Waals surface area contributed by atoms with Gasteiger partial charge in [0.25, 0.3) is 11.8 Å². The minimum atomic E-state index is -0.462. The molecule has 2 N–H and O–H groups in total. The molecule has 3 rings (SSSR count). The molecule has 6 nitrogen and oxygen atoms in total. The third-order valence-corrected chi connectivity index (χ3v) is 5.56. The topological polar surface area (TPSA) is 84.5 Å². The summed E-state index contributed by atoms with van der Waals surface area (Å²) in [6.07, 6.45) is 6.00.